The highest BCUT2D eigenvalue weighted by molar-refractivity contribution is 6.35. The zero-order valence-electron chi connectivity index (χ0n) is 16.9. The summed E-state index contributed by atoms with van der Waals surface area (Å²) in [6, 6.07) is 16.9. The molecule has 0 radical (unpaired) electrons. The molecule has 4 aromatic rings. The molecule has 2 heterocycles. The number of hydrogen-bond acceptors (Lipinski definition) is 4. The molecule has 1 amide bonds. The lowest BCUT2D eigenvalue weighted by Gasteiger charge is -2.05. The lowest BCUT2D eigenvalue weighted by Crippen LogP contribution is -2.12. The summed E-state index contributed by atoms with van der Waals surface area (Å²) in [6.45, 7) is 1.72. The van der Waals surface area contributed by atoms with Gasteiger partial charge in [0, 0.05) is 26.9 Å². The first-order valence-corrected chi connectivity index (χ1v) is 10.4. The van der Waals surface area contributed by atoms with E-state index in [4.69, 9.17) is 32.0 Å². The smallest absolute Gasteiger partial charge is 0.259 e. The predicted molar refractivity (Wildman–Crippen MR) is 125 cm³/mol. The van der Waals surface area contributed by atoms with Gasteiger partial charge in [0.05, 0.1) is 11.8 Å². The zero-order chi connectivity index (χ0) is 22.7. The van der Waals surface area contributed by atoms with Crippen LogP contribution >= 0.6 is 23.2 Å². The number of allylic oxidation sites excluding steroid dienone is 1. The maximum absolute atomic E-state index is 12.5. The van der Waals surface area contributed by atoms with Crippen molar-refractivity contribution >= 4 is 46.7 Å². The van der Waals surface area contributed by atoms with Crippen molar-refractivity contribution in [3.63, 3.8) is 0 Å². The molecule has 2 aromatic heterocycles. The van der Waals surface area contributed by atoms with Gasteiger partial charge >= 0.3 is 0 Å². The van der Waals surface area contributed by atoms with Crippen LogP contribution in [0.25, 0.3) is 17.4 Å². The third kappa shape index (κ3) is 5.02. The molecule has 160 valence electrons. The maximum Gasteiger partial charge on any atom is 0.259 e. The average Bonchev–Trinajstić information content (AvgIpc) is 3.41. The van der Waals surface area contributed by atoms with Crippen LogP contribution in [-0.4, -0.2) is 11.7 Å². The standard InChI is InChI=1S/C25H17Cl2NO4/c1-15-22(10-11-31-15)25(30)28-20-4-2-16(3-5-20)23(29)8-6-21-7-9-24(32-21)17-12-18(26)14-19(27)13-17/h2-14H,1H3,(H,28,30)/b8-6+. The van der Waals surface area contributed by atoms with E-state index >= 15 is 0 Å². The molecule has 0 atom stereocenters. The van der Waals surface area contributed by atoms with Crippen molar-refractivity contribution < 1.29 is 18.4 Å². The van der Waals surface area contributed by atoms with E-state index in [2.05, 4.69) is 5.32 Å². The van der Waals surface area contributed by atoms with Crippen LogP contribution in [0.1, 0.15) is 32.2 Å². The summed E-state index contributed by atoms with van der Waals surface area (Å²) in [5.74, 6) is 1.18. The van der Waals surface area contributed by atoms with Gasteiger partial charge in [0.15, 0.2) is 5.78 Å². The van der Waals surface area contributed by atoms with Crippen LogP contribution in [0.3, 0.4) is 0 Å². The van der Waals surface area contributed by atoms with Crippen LogP contribution in [-0.2, 0) is 0 Å². The summed E-state index contributed by atoms with van der Waals surface area (Å²) in [6.07, 6.45) is 4.48. The Hall–Kier alpha value is -3.54. The molecule has 0 spiro atoms. The van der Waals surface area contributed by atoms with Crippen LogP contribution in [0.15, 0.2) is 81.8 Å². The monoisotopic (exact) mass is 465 g/mol. The Labute approximate surface area is 194 Å². The number of amides is 1. The van der Waals surface area contributed by atoms with E-state index in [1.54, 1.807) is 73.7 Å². The summed E-state index contributed by atoms with van der Waals surface area (Å²) in [4.78, 5) is 24.7. The molecule has 0 bridgehead atoms. The van der Waals surface area contributed by atoms with Crippen LogP contribution in [0.5, 0.6) is 0 Å². The summed E-state index contributed by atoms with van der Waals surface area (Å²) >= 11 is 12.1. The zero-order valence-corrected chi connectivity index (χ0v) is 18.4. The van der Waals surface area contributed by atoms with E-state index in [-0.39, 0.29) is 11.7 Å². The number of carbonyl (C=O) groups is 2. The maximum atomic E-state index is 12.5. The highest BCUT2D eigenvalue weighted by atomic mass is 35.5. The normalized spacial score (nSPS) is 11.1. The van der Waals surface area contributed by atoms with Gasteiger partial charge in [0.1, 0.15) is 17.3 Å². The van der Waals surface area contributed by atoms with Gasteiger partial charge in [-0.2, -0.15) is 0 Å². The van der Waals surface area contributed by atoms with E-state index in [0.717, 1.165) is 5.56 Å². The molecule has 0 fully saturated rings. The number of hydrogen-bond donors (Lipinski definition) is 1. The Morgan fingerprint density at radius 1 is 0.938 bits per heavy atom. The molecule has 4 rings (SSSR count). The minimum absolute atomic E-state index is 0.197. The Bertz CT molecular complexity index is 1300. The summed E-state index contributed by atoms with van der Waals surface area (Å²) in [5, 5.41) is 3.79. The van der Waals surface area contributed by atoms with Gasteiger partial charge in [-0.15, -0.1) is 0 Å². The average molecular weight is 466 g/mol. The third-order valence-electron chi connectivity index (χ3n) is 4.70. The molecular weight excluding hydrogens is 449 g/mol. The fourth-order valence-electron chi connectivity index (χ4n) is 3.08. The van der Waals surface area contributed by atoms with E-state index in [1.807, 2.05) is 0 Å². The second-order valence-electron chi connectivity index (χ2n) is 6.98. The molecule has 5 nitrogen and oxygen atoms in total. The molecule has 0 unspecified atom stereocenters. The number of halogens is 2. The Kier molecular flexibility index (Phi) is 6.30. The highest BCUT2D eigenvalue weighted by Gasteiger charge is 2.12. The van der Waals surface area contributed by atoms with Crippen molar-refractivity contribution in [1.29, 1.82) is 0 Å². The molecule has 0 aliphatic rings. The molecule has 1 N–H and O–H groups in total. The second-order valence-corrected chi connectivity index (χ2v) is 7.85. The number of furan rings is 2. The van der Waals surface area contributed by atoms with Crippen molar-refractivity contribution in [3.05, 3.63) is 106 Å². The lowest BCUT2D eigenvalue weighted by molar-refractivity contribution is 0.102. The molecule has 2 aromatic carbocycles. The molecule has 0 aliphatic heterocycles. The first kappa shape index (κ1) is 21.7. The predicted octanol–water partition coefficient (Wildman–Crippen LogP) is 7.30. The van der Waals surface area contributed by atoms with Gasteiger partial charge < -0.3 is 14.2 Å². The van der Waals surface area contributed by atoms with Gasteiger partial charge in [-0.1, -0.05) is 23.2 Å². The fraction of sp³-hybridized carbons (Fsp3) is 0.0400. The fourth-order valence-corrected chi connectivity index (χ4v) is 3.61. The number of carbonyl (C=O) groups excluding carboxylic acids is 2. The number of rotatable bonds is 6. The largest absolute Gasteiger partial charge is 0.469 e. The second kappa shape index (κ2) is 9.30. The third-order valence-corrected chi connectivity index (χ3v) is 5.14. The Balaban J connectivity index is 1.41. The summed E-state index contributed by atoms with van der Waals surface area (Å²) in [7, 11) is 0. The van der Waals surface area contributed by atoms with Crippen LogP contribution in [0.2, 0.25) is 10.0 Å². The van der Waals surface area contributed by atoms with Gasteiger partial charge in [-0.25, -0.2) is 0 Å². The van der Waals surface area contributed by atoms with Gasteiger partial charge in [-0.05, 0) is 79.7 Å². The van der Waals surface area contributed by atoms with Crippen molar-refractivity contribution in [2.75, 3.05) is 5.32 Å². The molecule has 32 heavy (non-hydrogen) atoms. The van der Waals surface area contributed by atoms with Crippen LogP contribution in [0, 0.1) is 6.92 Å². The number of anilines is 1. The number of ketones is 1. The van der Waals surface area contributed by atoms with E-state index in [1.165, 1.54) is 12.3 Å². The first-order valence-electron chi connectivity index (χ1n) is 9.63. The molecule has 7 heteroatoms. The lowest BCUT2D eigenvalue weighted by atomic mass is 10.1. The highest BCUT2D eigenvalue weighted by Crippen LogP contribution is 2.29. The summed E-state index contributed by atoms with van der Waals surface area (Å²) in [5.41, 5.74) is 2.27. The van der Waals surface area contributed by atoms with E-state index in [0.29, 0.717) is 44.1 Å². The number of benzene rings is 2. The van der Waals surface area contributed by atoms with E-state index < -0.39 is 0 Å². The number of nitrogens with one attached hydrogen (secondary N) is 1. The Morgan fingerprint density at radius 2 is 1.66 bits per heavy atom. The van der Waals surface area contributed by atoms with Crippen molar-refractivity contribution in [2.45, 2.75) is 6.92 Å². The molecule has 0 saturated carbocycles. The van der Waals surface area contributed by atoms with Crippen LogP contribution < -0.4 is 5.32 Å². The quantitative estimate of drug-likeness (QED) is 0.239. The molecule has 0 saturated heterocycles. The van der Waals surface area contributed by atoms with E-state index in [9.17, 15) is 9.59 Å². The number of aryl methyl sites for hydroxylation is 1. The minimum Gasteiger partial charge on any atom is -0.469 e. The van der Waals surface area contributed by atoms with Gasteiger partial charge in [0.2, 0.25) is 0 Å². The van der Waals surface area contributed by atoms with Crippen LogP contribution in [0.4, 0.5) is 5.69 Å². The minimum atomic E-state index is -0.273. The topological polar surface area (TPSA) is 72.5 Å². The molecular formula is C25H17Cl2NO4. The van der Waals surface area contributed by atoms with Gasteiger partial charge in [-0.3, -0.25) is 9.59 Å². The Morgan fingerprint density at radius 3 is 2.31 bits per heavy atom. The van der Waals surface area contributed by atoms with Crippen molar-refractivity contribution in [3.8, 4) is 11.3 Å². The molecule has 0 aliphatic carbocycles. The summed E-state index contributed by atoms with van der Waals surface area (Å²) < 4.78 is 10.9. The first-order chi connectivity index (χ1) is 15.4. The van der Waals surface area contributed by atoms with Crippen molar-refractivity contribution in [1.82, 2.24) is 0 Å². The SMILES string of the molecule is Cc1occc1C(=O)Nc1ccc(C(=O)/C=C/c2ccc(-c3cc(Cl)cc(Cl)c3)o2)cc1. The van der Waals surface area contributed by atoms with Gasteiger partial charge in [0.25, 0.3) is 5.91 Å². The van der Waals surface area contributed by atoms with Crippen molar-refractivity contribution in [2.24, 2.45) is 0 Å².